The molecule has 0 fully saturated rings. The number of fused-ring (bicyclic) bond motifs is 3. The molecule has 0 N–H and O–H groups in total. The second kappa shape index (κ2) is 6.20. The maximum absolute atomic E-state index is 11.1. The molecule has 0 aliphatic heterocycles. The van der Waals surface area contributed by atoms with Gasteiger partial charge >= 0.3 is 0 Å². The molecule has 5 aromatic rings. The van der Waals surface area contributed by atoms with Crippen molar-refractivity contribution in [3.05, 3.63) is 76.2 Å². The maximum atomic E-state index is 11.1. The van der Waals surface area contributed by atoms with E-state index in [0.29, 0.717) is 22.7 Å². The predicted molar refractivity (Wildman–Crippen MR) is 107 cm³/mol. The molecule has 0 saturated heterocycles. The topological polar surface area (TPSA) is 104 Å². The Morgan fingerprint density at radius 2 is 1.90 bits per heavy atom. The average Bonchev–Trinajstić information content (AvgIpc) is 3.34. The molecule has 0 saturated carbocycles. The summed E-state index contributed by atoms with van der Waals surface area (Å²) >= 11 is 0. The maximum Gasteiger partial charge on any atom is 0.270 e. The Kier molecular flexibility index (Phi) is 3.63. The van der Waals surface area contributed by atoms with E-state index in [9.17, 15) is 10.1 Å². The lowest BCUT2D eigenvalue weighted by molar-refractivity contribution is -0.384. The van der Waals surface area contributed by atoms with Gasteiger partial charge in [-0.2, -0.15) is 5.10 Å². The molecule has 142 valence electrons. The number of non-ortho nitro benzene ring substituents is 1. The molecule has 0 spiro atoms. The minimum Gasteiger partial charge on any atom is -0.258 e. The summed E-state index contributed by atoms with van der Waals surface area (Å²) < 4.78 is 3.33. The molecule has 0 aliphatic rings. The van der Waals surface area contributed by atoms with Crippen LogP contribution in [-0.4, -0.2) is 34.3 Å². The van der Waals surface area contributed by atoms with Gasteiger partial charge in [0.1, 0.15) is 6.33 Å². The smallest absolute Gasteiger partial charge is 0.258 e. The van der Waals surface area contributed by atoms with E-state index < -0.39 is 4.92 Å². The summed E-state index contributed by atoms with van der Waals surface area (Å²) in [6, 6.07) is 12.4. The summed E-state index contributed by atoms with van der Waals surface area (Å²) in [6.45, 7) is 4.12. The zero-order valence-electron chi connectivity index (χ0n) is 15.6. The highest BCUT2D eigenvalue weighted by Crippen LogP contribution is 2.25. The van der Waals surface area contributed by atoms with Crippen LogP contribution in [0.2, 0.25) is 0 Å². The van der Waals surface area contributed by atoms with Crippen molar-refractivity contribution >= 4 is 22.4 Å². The molecule has 9 nitrogen and oxygen atoms in total. The number of hydrogen-bond donors (Lipinski definition) is 0. The number of nitro groups is 1. The minimum absolute atomic E-state index is 0.00723. The van der Waals surface area contributed by atoms with E-state index in [1.165, 1.54) is 23.3 Å². The van der Waals surface area contributed by atoms with Crippen LogP contribution in [0.15, 0.2) is 55.0 Å². The fraction of sp³-hybridized carbons (Fsp3) is 0.100. The van der Waals surface area contributed by atoms with Gasteiger partial charge in [0.15, 0.2) is 17.1 Å². The predicted octanol–water partition coefficient (Wildman–Crippen LogP) is 3.66. The van der Waals surface area contributed by atoms with Gasteiger partial charge in [-0.25, -0.2) is 19.2 Å². The van der Waals surface area contributed by atoms with Crippen molar-refractivity contribution in [1.29, 1.82) is 0 Å². The molecule has 9 heteroatoms. The van der Waals surface area contributed by atoms with E-state index >= 15 is 0 Å². The third-order valence-electron chi connectivity index (χ3n) is 4.96. The number of hydrogen-bond acceptors (Lipinski definition) is 6. The van der Waals surface area contributed by atoms with Crippen LogP contribution >= 0.6 is 0 Å². The molecule has 0 atom stereocenters. The zero-order chi connectivity index (χ0) is 20.1. The van der Waals surface area contributed by atoms with Crippen LogP contribution in [0.3, 0.4) is 0 Å². The normalized spacial score (nSPS) is 11.4. The third-order valence-corrected chi connectivity index (χ3v) is 4.96. The lowest BCUT2D eigenvalue weighted by Gasteiger charge is -2.06. The quantitative estimate of drug-likeness (QED) is 0.347. The van der Waals surface area contributed by atoms with E-state index in [2.05, 4.69) is 40.1 Å². The Bertz CT molecular complexity index is 1420. The van der Waals surface area contributed by atoms with Gasteiger partial charge < -0.3 is 0 Å². The van der Waals surface area contributed by atoms with Crippen LogP contribution < -0.4 is 0 Å². The van der Waals surface area contributed by atoms with E-state index in [0.717, 1.165) is 11.1 Å². The van der Waals surface area contributed by atoms with Gasteiger partial charge in [-0.1, -0.05) is 18.2 Å². The molecule has 0 bridgehead atoms. The van der Waals surface area contributed by atoms with Crippen molar-refractivity contribution in [1.82, 2.24) is 29.4 Å². The Morgan fingerprint density at radius 3 is 2.69 bits per heavy atom. The Morgan fingerprint density at radius 1 is 1.03 bits per heavy atom. The van der Waals surface area contributed by atoms with Gasteiger partial charge in [0.05, 0.1) is 22.2 Å². The Hall–Kier alpha value is -4.14. The number of aromatic nitrogens is 6. The number of aryl methyl sites for hydroxylation is 2. The second-order valence-corrected chi connectivity index (χ2v) is 6.82. The van der Waals surface area contributed by atoms with Crippen LogP contribution in [0.25, 0.3) is 33.8 Å². The highest BCUT2D eigenvalue weighted by atomic mass is 16.6. The lowest BCUT2D eigenvalue weighted by Crippen LogP contribution is -1.99. The summed E-state index contributed by atoms with van der Waals surface area (Å²) in [5.74, 6) is 0.391. The highest BCUT2D eigenvalue weighted by Gasteiger charge is 2.16. The first-order valence-corrected chi connectivity index (χ1v) is 8.93. The number of benzene rings is 2. The number of nitrogens with zero attached hydrogens (tertiary/aromatic N) is 7. The SMILES string of the molecule is Cc1ccc(-n2ncc3c2ncn2nc(-c4cccc([N+](=O)[O-])c4)nc32)cc1C. The third kappa shape index (κ3) is 2.71. The highest BCUT2D eigenvalue weighted by molar-refractivity contribution is 5.90. The second-order valence-electron chi connectivity index (χ2n) is 6.82. The van der Waals surface area contributed by atoms with E-state index in [1.54, 1.807) is 33.9 Å². The molecule has 3 heterocycles. The van der Waals surface area contributed by atoms with Crippen molar-refractivity contribution < 1.29 is 4.92 Å². The van der Waals surface area contributed by atoms with Gasteiger partial charge in [-0.05, 0) is 37.1 Å². The Balaban J connectivity index is 1.66. The standard InChI is InChI=1S/C20H15N7O2/c1-12-6-7-15(8-13(12)2)26-19-17(10-22-26)20-23-18(24-25(20)11-21-19)14-4-3-5-16(9-14)27(28)29/h3-11H,1-2H3. The average molecular weight is 385 g/mol. The van der Waals surface area contributed by atoms with E-state index in [1.807, 2.05) is 12.1 Å². The largest absolute Gasteiger partial charge is 0.270 e. The number of nitro benzene ring substituents is 1. The molecule has 0 aliphatic carbocycles. The molecule has 0 amide bonds. The Labute approximate surface area is 164 Å². The van der Waals surface area contributed by atoms with E-state index in [4.69, 9.17) is 0 Å². The van der Waals surface area contributed by atoms with Crippen molar-refractivity contribution in [2.45, 2.75) is 13.8 Å². The molecule has 0 radical (unpaired) electrons. The molecule has 29 heavy (non-hydrogen) atoms. The van der Waals surface area contributed by atoms with E-state index in [-0.39, 0.29) is 5.69 Å². The minimum atomic E-state index is -0.438. The molecular weight excluding hydrogens is 370 g/mol. The van der Waals surface area contributed by atoms with Gasteiger partial charge in [0.2, 0.25) is 0 Å². The molecular formula is C20H15N7O2. The molecule has 0 unspecified atom stereocenters. The van der Waals surface area contributed by atoms with Crippen molar-refractivity contribution in [2.75, 3.05) is 0 Å². The van der Waals surface area contributed by atoms with Crippen LogP contribution in [0.1, 0.15) is 11.1 Å². The molecule has 5 rings (SSSR count). The monoisotopic (exact) mass is 385 g/mol. The summed E-state index contributed by atoms with van der Waals surface area (Å²) in [7, 11) is 0. The molecule has 2 aromatic carbocycles. The van der Waals surface area contributed by atoms with Gasteiger partial charge in [-0.3, -0.25) is 10.1 Å². The summed E-state index contributed by atoms with van der Waals surface area (Å²) in [4.78, 5) is 19.7. The van der Waals surface area contributed by atoms with Crippen molar-refractivity contribution in [3.8, 4) is 17.1 Å². The van der Waals surface area contributed by atoms with Crippen molar-refractivity contribution in [2.24, 2.45) is 0 Å². The molecule has 3 aromatic heterocycles. The summed E-state index contributed by atoms with van der Waals surface area (Å²) in [5.41, 5.74) is 5.11. The van der Waals surface area contributed by atoms with Crippen LogP contribution in [-0.2, 0) is 0 Å². The number of rotatable bonds is 3. The van der Waals surface area contributed by atoms with Gasteiger partial charge in [0.25, 0.3) is 5.69 Å². The summed E-state index contributed by atoms with van der Waals surface area (Å²) in [5, 5.41) is 20.7. The first kappa shape index (κ1) is 17.0. The summed E-state index contributed by atoms with van der Waals surface area (Å²) in [6.07, 6.45) is 3.28. The zero-order valence-corrected chi connectivity index (χ0v) is 15.6. The lowest BCUT2D eigenvalue weighted by atomic mass is 10.1. The van der Waals surface area contributed by atoms with Crippen LogP contribution in [0.5, 0.6) is 0 Å². The van der Waals surface area contributed by atoms with Crippen molar-refractivity contribution in [3.63, 3.8) is 0 Å². The van der Waals surface area contributed by atoms with Crippen LogP contribution in [0, 0.1) is 24.0 Å². The first-order valence-electron chi connectivity index (χ1n) is 8.93. The van der Waals surface area contributed by atoms with Crippen LogP contribution in [0.4, 0.5) is 5.69 Å². The first-order chi connectivity index (χ1) is 14.0. The van der Waals surface area contributed by atoms with Gasteiger partial charge in [-0.15, -0.1) is 5.10 Å². The fourth-order valence-corrected chi connectivity index (χ4v) is 3.25. The fourth-order valence-electron chi connectivity index (χ4n) is 3.25. The van der Waals surface area contributed by atoms with Gasteiger partial charge in [0, 0.05) is 17.7 Å².